The van der Waals surface area contributed by atoms with Crippen molar-refractivity contribution in [3.63, 3.8) is 0 Å². The molecular formula is C26H28N4O4. The topological polar surface area (TPSA) is 90.0 Å². The molecular weight excluding hydrogens is 432 g/mol. The van der Waals surface area contributed by atoms with Crippen LogP contribution in [0, 0.1) is 6.92 Å². The summed E-state index contributed by atoms with van der Waals surface area (Å²) < 4.78 is 0. The first-order chi connectivity index (χ1) is 16.3. The van der Waals surface area contributed by atoms with Crippen molar-refractivity contribution >= 4 is 35.0 Å². The Balaban J connectivity index is 1.43. The molecule has 1 atom stereocenters. The van der Waals surface area contributed by atoms with E-state index >= 15 is 0 Å². The second-order valence-electron chi connectivity index (χ2n) is 9.40. The molecule has 3 aliphatic rings. The molecule has 1 unspecified atom stereocenters. The van der Waals surface area contributed by atoms with E-state index in [0.717, 1.165) is 18.4 Å². The Morgan fingerprint density at radius 1 is 1.03 bits per heavy atom. The highest BCUT2D eigenvalue weighted by molar-refractivity contribution is 6.12. The molecule has 176 valence electrons. The molecule has 8 nitrogen and oxygen atoms in total. The molecule has 0 saturated carbocycles. The summed E-state index contributed by atoms with van der Waals surface area (Å²) in [5, 5.41) is 2.90. The van der Waals surface area contributed by atoms with Crippen LogP contribution in [0.3, 0.4) is 0 Å². The van der Waals surface area contributed by atoms with Crippen molar-refractivity contribution in [2.24, 2.45) is 0 Å². The van der Waals surface area contributed by atoms with Gasteiger partial charge in [0.25, 0.3) is 11.8 Å². The second-order valence-corrected chi connectivity index (χ2v) is 9.40. The maximum atomic E-state index is 13.4. The third kappa shape index (κ3) is 3.45. The molecule has 0 radical (unpaired) electrons. The zero-order valence-electron chi connectivity index (χ0n) is 19.5. The molecule has 0 aromatic heterocycles. The number of benzene rings is 2. The lowest BCUT2D eigenvalue weighted by Gasteiger charge is -2.48. The summed E-state index contributed by atoms with van der Waals surface area (Å²) in [5.74, 6) is -0.848. The first-order valence-corrected chi connectivity index (χ1v) is 11.7. The van der Waals surface area contributed by atoms with E-state index in [9.17, 15) is 19.2 Å². The van der Waals surface area contributed by atoms with Crippen molar-refractivity contribution in [1.82, 2.24) is 9.80 Å². The summed E-state index contributed by atoms with van der Waals surface area (Å²) in [6, 6.07) is 12.4. The predicted octanol–water partition coefficient (Wildman–Crippen LogP) is 3.17. The molecule has 0 spiro atoms. The summed E-state index contributed by atoms with van der Waals surface area (Å²) in [6.45, 7) is 4.87. The van der Waals surface area contributed by atoms with E-state index < -0.39 is 11.6 Å². The van der Waals surface area contributed by atoms with Crippen molar-refractivity contribution in [2.75, 3.05) is 29.9 Å². The van der Waals surface area contributed by atoms with Crippen molar-refractivity contribution < 1.29 is 19.2 Å². The number of carbonyl (C=O) groups is 4. The maximum Gasteiger partial charge on any atom is 0.258 e. The number of hydrogen-bond donors (Lipinski definition) is 1. The smallest absolute Gasteiger partial charge is 0.258 e. The van der Waals surface area contributed by atoms with Crippen molar-refractivity contribution in [2.45, 2.75) is 45.2 Å². The average molecular weight is 461 g/mol. The van der Waals surface area contributed by atoms with Crippen LogP contribution in [0.15, 0.2) is 42.5 Å². The zero-order chi connectivity index (χ0) is 24.0. The van der Waals surface area contributed by atoms with E-state index in [1.54, 1.807) is 40.1 Å². The molecule has 34 heavy (non-hydrogen) atoms. The van der Waals surface area contributed by atoms with Crippen LogP contribution in [0.2, 0.25) is 0 Å². The van der Waals surface area contributed by atoms with Crippen LogP contribution in [0.5, 0.6) is 0 Å². The van der Waals surface area contributed by atoms with Crippen LogP contribution in [-0.4, -0.2) is 58.7 Å². The Hall–Kier alpha value is -3.68. The minimum atomic E-state index is -0.917. The molecule has 0 aliphatic carbocycles. The lowest BCUT2D eigenvalue weighted by Crippen LogP contribution is -2.63. The Labute approximate surface area is 198 Å². The van der Waals surface area contributed by atoms with Gasteiger partial charge >= 0.3 is 0 Å². The van der Waals surface area contributed by atoms with Gasteiger partial charge in [-0.15, -0.1) is 0 Å². The fraction of sp³-hybridized carbons (Fsp3) is 0.385. The molecule has 1 N–H and O–H groups in total. The maximum absolute atomic E-state index is 13.4. The lowest BCUT2D eigenvalue weighted by atomic mass is 9.98. The first-order valence-electron chi connectivity index (χ1n) is 11.7. The minimum Gasteiger partial charge on any atom is -0.339 e. The highest BCUT2D eigenvalue weighted by atomic mass is 16.2. The molecule has 2 aromatic carbocycles. The van der Waals surface area contributed by atoms with Gasteiger partial charge in [0.05, 0.1) is 22.5 Å². The number of nitrogens with zero attached hydrogens (tertiary/aromatic N) is 3. The molecule has 0 bridgehead atoms. The van der Waals surface area contributed by atoms with Gasteiger partial charge in [-0.25, -0.2) is 0 Å². The van der Waals surface area contributed by atoms with Gasteiger partial charge in [-0.3, -0.25) is 24.1 Å². The van der Waals surface area contributed by atoms with E-state index in [1.807, 2.05) is 26.0 Å². The molecule has 2 aromatic rings. The number of hydrogen-bond acceptors (Lipinski definition) is 4. The monoisotopic (exact) mass is 460 g/mol. The lowest BCUT2D eigenvalue weighted by molar-refractivity contribution is -0.120. The van der Waals surface area contributed by atoms with Crippen molar-refractivity contribution in [1.29, 1.82) is 0 Å². The highest BCUT2D eigenvalue weighted by Gasteiger charge is 2.53. The third-order valence-electron chi connectivity index (χ3n) is 7.21. The van der Waals surface area contributed by atoms with E-state index in [1.165, 1.54) is 4.90 Å². The normalized spacial score (nSPS) is 21.5. The Bertz CT molecular complexity index is 1200. The van der Waals surface area contributed by atoms with Crippen LogP contribution in [0.1, 0.15) is 58.9 Å². The summed E-state index contributed by atoms with van der Waals surface area (Å²) >= 11 is 0. The second kappa shape index (κ2) is 8.27. The summed E-state index contributed by atoms with van der Waals surface area (Å²) in [6.07, 6.45) is 2.71. The van der Waals surface area contributed by atoms with Crippen LogP contribution in [0.25, 0.3) is 0 Å². The molecule has 8 heteroatoms. The van der Waals surface area contributed by atoms with Gasteiger partial charge in [-0.05, 0) is 56.9 Å². The quantitative estimate of drug-likeness (QED) is 0.759. The van der Waals surface area contributed by atoms with Gasteiger partial charge in [0.1, 0.15) is 12.2 Å². The Kier molecular flexibility index (Phi) is 5.38. The fourth-order valence-corrected chi connectivity index (χ4v) is 5.37. The number of amides is 4. The van der Waals surface area contributed by atoms with Crippen LogP contribution in [-0.2, 0) is 9.59 Å². The summed E-state index contributed by atoms with van der Waals surface area (Å²) in [7, 11) is 0. The molecule has 5 rings (SSSR count). The van der Waals surface area contributed by atoms with Gasteiger partial charge in [0, 0.05) is 19.5 Å². The summed E-state index contributed by atoms with van der Waals surface area (Å²) in [4.78, 5) is 57.4. The van der Waals surface area contributed by atoms with Gasteiger partial charge in [0.15, 0.2) is 0 Å². The number of aryl methyl sites for hydroxylation is 1. The highest BCUT2D eigenvalue weighted by Crippen LogP contribution is 2.43. The number of carbonyl (C=O) groups excluding carboxylic acids is 4. The Morgan fingerprint density at radius 2 is 1.76 bits per heavy atom. The van der Waals surface area contributed by atoms with Gasteiger partial charge in [-0.2, -0.15) is 0 Å². The van der Waals surface area contributed by atoms with Crippen LogP contribution < -0.4 is 10.2 Å². The Morgan fingerprint density at radius 3 is 2.53 bits per heavy atom. The largest absolute Gasteiger partial charge is 0.339 e. The van der Waals surface area contributed by atoms with E-state index in [-0.39, 0.29) is 24.3 Å². The van der Waals surface area contributed by atoms with Crippen molar-refractivity contribution in [3.05, 3.63) is 59.2 Å². The third-order valence-corrected chi connectivity index (χ3v) is 7.21. The molecule has 2 saturated heterocycles. The van der Waals surface area contributed by atoms with Gasteiger partial charge in [0.2, 0.25) is 11.8 Å². The molecule has 3 aliphatic heterocycles. The number of para-hydroxylation sites is 2. The number of nitrogens with one attached hydrogen (secondary N) is 1. The van der Waals surface area contributed by atoms with E-state index in [0.29, 0.717) is 48.4 Å². The molecule has 3 heterocycles. The summed E-state index contributed by atoms with van der Waals surface area (Å²) in [5.41, 5.74) is 1.78. The predicted molar refractivity (Wildman–Crippen MR) is 128 cm³/mol. The van der Waals surface area contributed by atoms with Gasteiger partial charge in [-0.1, -0.05) is 24.3 Å². The fourth-order valence-electron chi connectivity index (χ4n) is 5.37. The van der Waals surface area contributed by atoms with Crippen molar-refractivity contribution in [3.8, 4) is 0 Å². The zero-order valence-corrected chi connectivity index (χ0v) is 19.5. The standard InChI is InChI=1S/C26H28N4O4/c1-17-8-7-10-19(24(33)28-14-5-6-15-28)23(17)27-21(31)16-29-25(34)18-9-3-4-11-20(18)30-22(32)12-13-26(29,30)2/h3-4,7-11H,5-6,12-16H2,1-2H3,(H,27,31). The van der Waals surface area contributed by atoms with Crippen LogP contribution >= 0.6 is 0 Å². The first kappa shape index (κ1) is 22.1. The SMILES string of the molecule is Cc1cccc(C(=O)N2CCCC2)c1NC(=O)CN1C(=O)c2ccccc2N2C(=O)CCC12C. The number of fused-ring (bicyclic) bond motifs is 3. The number of likely N-dealkylation sites (tertiary alicyclic amines) is 1. The number of rotatable bonds is 4. The van der Waals surface area contributed by atoms with Gasteiger partial charge < -0.3 is 15.1 Å². The molecule has 2 fully saturated rings. The van der Waals surface area contributed by atoms with E-state index in [4.69, 9.17) is 0 Å². The van der Waals surface area contributed by atoms with E-state index in [2.05, 4.69) is 5.32 Å². The average Bonchev–Trinajstić information content (AvgIpc) is 3.46. The minimum absolute atomic E-state index is 0.0646. The molecule has 4 amide bonds. The van der Waals surface area contributed by atoms with Crippen LogP contribution in [0.4, 0.5) is 11.4 Å². The number of anilines is 2.